The molecule has 1 saturated carbocycles. The molecule has 0 aromatic heterocycles. The van der Waals surface area contributed by atoms with Crippen molar-refractivity contribution in [1.82, 2.24) is 10.6 Å². The van der Waals surface area contributed by atoms with Crippen LogP contribution in [0.4, 0.5) is 4.79 Å². The molecule has 0 spiro atoms. The monoisotopic (exact) mass is 300 g/mol. The number of ether oxygens (including phenoxy) is 2. The quantitative estimate of drug-likeness (QED) is 0.738. The van der Waals surface area contributed by atoms with Crippen LogP contribution in [-0.4, -0.2) is 43.8 Å². The van der Waals surface area contributed by atoms with Crippen LogP contribution in [0.3, 0.4) is 0 Å². The molecule has 1 unspecified atom stereocenters. The summed E-state index contributed by atoms with van der Waals surface area (Å²) in [6.45, 7) is 3.83. The van der Waals surface area contributed by atoms with Gasteiger partial charge in [-0.05, 0) is 39.5 Å². The topological polar surface area (TPSA) is 93.7 Å². The van der Waals surface area contributed by atoms with Gasteiger partial charge in [-0.25, -0.2) is 4.79 Å². The average molecular weight is 300 g/mol. The van der Waals surface area contributed by atoms with Gasteiger partial charge in [0.2, 0.25) is 0 Å². The van der Waals surface area contributed by atoms with Crippen LogP contribution in [-0.2, 0) is 19.1 Å². The highest BCUT2D eigenvalue weighted by Crippen LogP contribution is 2.27. The molecule has 1 atom stereocenters. The van der Waals surface area contributed by atoms with Gasteiger partial charge in [0.25, 0.3) is 5.91 Å². The fourth-order valence-electron chi connectivity index (χ4n) is 2.37. The van der Waals surface area contributed by atoms with Crippen LogP contribution in [0.2, 0.25) is 0 Å². The maximum absolute atomic E-state index is 11.7. The summed E-state index contributed by atoms with van der Waals surface area (Å²) < 4.78 is 10.4. The second-order valence-corrected chi connectivity index (χ2v) is 5.12. The van der Waals surface area contributed by atoms with Crippen molar-refractivity contribution in [2.75, 3.05) is 13.7 Å². The van der Waals surface area contributed by atoms with Gasteiger partial charge in [0.15, 0.2) is 0 Å². The number of esters is 1. The van der Waals surface area contributed by atoms with Crippen molar-refractivity contribution in [3.63, 3.8) is 0 Å². The van der Waals surface area contributed by atoms with Crippen molar-refractivity contribution >= 4 is 17.9 Å². The number of carbonyl (C=O) groups excluding carboxylic acids is 3. The Morgan fingerprint density at radius 1 is 1.19 bits per heavy atom. The Labute approximate surface area is 124 Å². The molecule has 0 heterocycles. The van der Waals surface area contributed by atoms with E-state index in [9.17, 15) is 14.4 Å². The predicted molar refractivity (Wildman–Crippen MR) is 75.5 cm³/mol. The summed E-state index contributed by atoms with van der Waals surface area (Å²) in [6.07, 6.45) is 2.04. The van der Waals surface area contributed by atoms with E-state index in [4.69, 9.17) is 9.47 Å². The molecule has 7 heteroatoms. The van der Waals surface area contributed by atoms with Gasteiger partial charge in [0, 0.05) is 6.54 Å². The molecule has 1 aliphatic carbocycles. The molecule has 0 bridgehead atoms. The number of hydrogen-bond donors (Lipinski definition) is 2. The fourth-order valence-corrected chi connectivity index (χ4v) is 2.37. The van der Waals surface area contributed by atoms with Crippen LogP contribution in [0, 0.1) is 5.92 Å². The SMILES string of the molecule is CCNC(=O)NC(=O)C(C)OC1CCC(C(=O)OC)CC1. The van der Waals surface area contributed by atoms with Gasteiger partial charge in [0.05, 0.1) is 19.1 Å². The standard InChI is InChI=1S/C14H24N2O5/c1-4-15-14(19)16-12(17)9(2)21-11-7-5-10(6-8-11)13(18)20-3/h9-11H,4-8H2,1-3H3,(H2,15,16,17,19). The summed E-state index contributed by atoms with van der Waals surface area (Å²) in [6, 6.07) is -0.521. The van der Waals surface area contributed by atoms with E-state index in [1.54, 1.807) is 13.8 Å². The lowest BCUT2D eigenvalue weighted by Gasteiger charge is -2.28. The third kappa shape index (κ3) is 5.71. The van der Waals surface area contributed by atoms with Crippen LogP contribution in [0.25, 0.3) is 0 Å². The van der Waals surface area contributed by atoms with E-state index in [0.717, 1.165) is 0 Å². The van der Waals surface area contributed by atoms with Gasteiger partial charge < -0.3 is 14.8 Å². The van der Waals surface area contributed by atoms with Crippen molar-refractivity contribution in [2.45, 2.75) is 51.7 Å². The Morgan fingerprint density at radius 2 is 1.81 bits per heavy atom. The number of hydrogen-bond acceptors (Lipinski definition) is 5. The zero-order chi connectivity index (χ0) is 15.8. The van der Waals surface area contributed by atoms with Crippen molar-refractivity contribution in [1.29, 1.82) is 0 Å². The third-order valence-corrected chi connectivity index (χ3v) is 3.55. The lowest BCUT2D eigenvalue weighted by Crippen LogP contribution is -2.45. The number of carbonyl (C=O) groups is 3. The second-order valence-electron chi connectivity index (χ2n) is 5.12. The van der Waals surface area contributed by atoms with Gasteiger partial charge in [-0.3, -0.25) is 14.9 Å². The number of amides is 3. The zero-order valence-electron chi connectivity index (χ0n) is 12.8. The van der Waals surface area contributed by atoms with Crippen LogP contribution in [0.15, 0.2) is 0 Å². The first-order chi connectivity index (χ1) is 9.97. The molecule has 3 amide bonds. The molecular formula is C14H24N2O5. The summed E-state index contributed by atoms with van der Waals surface area (Å²) in [5, 5.41) is 4.70. The van der Waals surface area contributed by atoms with Gasteiger partial charge in [0.1, 0.15) is 6.10 Å². The minimum Gasteiger partial charge on any atom is -0.469 e. The summed E-state index contributed by atoms with van der Waals surface area (Å²) in [7, 11) is 1.39. The van der Waals surface area contributed by atoms with Crippen molar-refractivity contribution in [2.24, 2.45) is 5.92 Å². The lowest BCUT2D eigenvalue weighted by molar-refractivity contribution is -0.149. The maximum Gasteiger partial charge on any atom is 0.321 e. The lowest BCUT2D eigenvalue weighted by atomic mass is 9.87. The molecule has 1 rings (SSSR count). The van der Waals surface area contributed by atoms with Crippen molar-refractivity contribution in [3.8, 4) is 0 Å². The highest BCUT2D eigenvalue weighted by atomic mass is 16.5. The molecule has 0 aromatic rings. The summed E-state index contributed by atoms with van der Waals surface area (Å²) in [4.78, 5) is 34.4. The molecular weight excluding hydrogens is 276 g/mol. The molecule has 21 heavy (non-hydrogen) atoms. The first-order valence-corrected chi connectivity index (χ1v) is 7.29. The highest BCUT2D eigenvalue weighted by Gasteiger charge is 2.29. The van der Waals surface area contributed by atoms with Crippen molar-refractivity contribution < 1.29 is 23.9 Å². The number of rotatable bonds is 5. The van der Waals surface area contributed by atoms with E-state index in [1.165, 1.54) is 7.11 Å². The van der Waals surface area contributed by atoms with Crippen LogP contribution in [0.1, 0.15) is 39.5 Å². The van der Waals surface area contributed by atoms with E-state index in [0.29, 0.717) is 32.2 Å². The highest BCUT2D eigenvalue weighted by molar-refractivity contribution is 5.96. The summed E-state index contributed by atoms with van der Waals surface area (Å²) >= 11 is 0. The number of urea groups is 1. The van der Waals surface area contributed by atoms with Crippen molar-refractivity contribution in [3.05, 3.63) is 0 Å². The minimum absolute atomic E-state index is 0.0686. The minimum atomic E-state index is -0.702. The van der Waals surface area contributed by atoms with E-state index in [2.05, 4.69) is 10.6 Å². The largest absolute Gasteiger partial charge is 0.469 e. The van der Waals surface area contributed by atoms with Gasteiger partial charge in [-0.1, -0.05) is 0 Å². The summed E-state index contributed by atoms with van der Waals surface area (Å²) in [5.41, 5.74) is 0. The number of methoxy groups -OCH3 is 1. The molecule has 120 valence electrons. The van der Waals surface area contributed by atoms with Crippen LogP contribution in [0.5, 0.6) is 0 Å². The van der Waals surface area contributed by atoms with E-state index in [1.807, 2.05) is 0 Å². The van der Waals surface area contributed by atoms with E-state index >= 15 is 0 Å². The molecule has 2 N–H and O–H groups in total. The van der Waals surface area contributed by atoms with Gasteiger partial charge >= 0.3 is 12.0 Å². The summed E-state index contributed by atoms with van der Waals surface area (Å²) in [5.74, 6) is -0.721. The predicted octanol–water partition coefficient (Wildman–Crippen LogP) is 0.969. The third-order valence-electron chi connectivity index (χ3n) is 3.55. The van der Waals surface area contributed by atoms with E-state index in [-0.39, 0.29) is 18.0 Å². The normalized spacial score (nSPS) is 23.0. The van der Waals surface area contributed by atoms with Crippen LogP contribution >= 0.6 is 0 Å². The maximum atomic E-state index is 11.7. The molecule has 0 aliphatic heterocycles. The Balaban J connectivity index is 2.32. The number of nitrogens with one attached hydrogen (secondary N) is 2. The van der Waals surface area contributed by atoms with Gasteiger partial charge in [-0.2, -0.15) is 0 Å². The Kier molecular flexibility index (Phi) is 7.14. The van der Waals surface area contributed by atoms with Gasteiger partial charge in [-0.15, -0.1) is 0 Å². The molecule has 7 nitrogen and oxygen atoms in total. The molecule has 0 saturated heterocycles. The average Bonchev–Trinajstić information content (AvgIpc) is 2.47. The smallest absolute Gasteiger partial charge is 0.321 e. The Bertz CT molecular complexity index is 378. The molecule has 0 aromatic carbocycles. The Morgan fingerprint density at radius 3 is 2.33 bits per heavy atom. The number of imide groups is 1. The molecule has 1 fully saturated rings. The Hall–Kier alpha value is -1.63. The second kappa shape index (κ2) is 8.61. The first kappa shape index (κ1) is 17.4. The van der Waals surface area contributed by atoms with Crippen LogP contribution < -0.4 is 10.6 Å². The fraction of sp³-hybridized carbons (Fsp3) is 0.786. The molecule has 0 radical (unpaired) electrons. The molecule has 1 aliphatic rings. The first-order valence-electron chi connectivity index (χ1n) is 7.29. The zero-order valence-corrected chi connectivity index (χ0v) is 12.8. The van der Waals surface area contributed by atoms with E-state index < -0.39 is 18.0 Å².